The molecule has 4 nitrogen and oxygen atoms in total. The molecule has 0 amide bonds. The molecule has 0 saturated carbocycles. The first-order chi connectivity index (χ1) is 8.00. The van der Waals surface area contributed by atoms with Crippen LogP contribution in [-0.2, 0) is 0 Å². The summed E-state index contributed by atoms with van der Waals surface area (Å²) in [7, 11) is 4.30. The van der Waals surface area contributed by atoms with Crippen molar-refractivity contribution in [3.8, 4) is 6.07 Å². The maximum atomic E-state index is 9.23. The van der Waals surface area contributed by atoms with Crippen LogP contribution in [0.3, 0.4) is 0 Å². The Hall–Kier alpha value is -0.630. The van der Waals surface area contributed by atoms with Crippen LogP contribution in [0.5, 0.6) is 0 Å². The van der Waals surface area contributed by atoms with Crippen LogP contribution in [0.4, 0.5) is 0 Å². The molecule has 17 heavy (non-hydrogen) atoms. The molecule has 0 aromatic rings. The van der Waals surface area contributed by atoms with Gasteiger partial charge in [-0.2, -0.15) is 5.26 Å². The average molecular weight is 238 g/mol. The van der Waals surface area contributed by atoms with Crippen LogP contribution in [0.15, 0.2) is 0 Å². The Kier molecular flexibility index (Phi) is 5.38. The van der Waals surface area contributed by atoms with Crippen molar-refractivity contribution in [3.05, 3.63) is 0 Å². The fourth-order valence-corrected chi connectivity index (χ4v) is 2.70. The maximum absolute atomic E-state index is 9.23. The third-order valence-corrected chi connectivity index (χ3v) is 3.59. The maximum Gasteiger partial charge on any atom is 0.116 e. The van der Waals surface area contributed by atoms with E-state index < -0.39 is 5.54 Å². The van der Waals surface area contributed by atoms with Gasteiger partial charge < -0.3 is 9.80 Å². The van der Waals surface area contributed by atoms with E-state index in [2.05, 4.69) is 35.3 Å². The predicted octanol–water partition coefficient (Wildman–Crippen LogP) is 0.904. The molecule has 0 aromatic carbocycles. The Balaban J connectivity index is 2.42. The second-order valence-electron chi connectivity index (χ2n) is 5.45. The number of nitriles is 1. The van der Waals surface area contributed by atoms with Gasteiger partial charge in [0.05, 0.1) is 6.07 Å². The van der Waals surface area contributed by atoms with Crippen molar-refractivity contribution in [3.63, 3.8) is 0 Å². The van der Waals surface area contributed by atoms with Crippen LogP contribution >= 0.6 is 0 Å². The lowest BCUT2D eigenvalue weighted by molar-refractivity contribution is 0.194. The fraction of sp³-hybridized carbons (Fsp3) is 0.923. The summed E-state index contributed by atoms with van der Waals surface area (Å²) in [5, 5.41) is 12.5. The molecule has 0 aliphatic carbocycles. The lowest BCUT2D eigenvalue weighted by atomic mass is 10.0. The number of hydrogen-bond acceptors (Lipinski definition) is 4. The molecule has 2 atom stereocenters. The van der Waals surface area contributed by atoms with Crippen LogP contribution in [0.25, 0.3) is 0 Å². The molecule has 1 rings (SSSR count). The van der Waals surface area contributed by atoms with E-state index in [1.165, 1.54) is 19.4 Å². The first kappa shape index (κ1) is 14.4. The summed E-state index contributed by atoms with van der Waals surface area (Å²) in [4.78, 5) is 4.70. The van der Waals surface area contributed by atoms with Gasteiger partial charge in [0, 0.05) is 19.1 Å². The van der Waals surface area contributed by atoms with Gasteiger partial charge in [-0.25, -0.2) is 0 Å². The van der Waals surface area contributed by atoms with Crippen LogP contribution < -0.4 is 5.32 Å². The van der Waals surface area contributed by atoms with E-state index in [1.807, 2.05) is 13.8 Å². The first-order valence-corrected chi connectivity index (χ1v) is 6.56. The van der Waals surface area contributed by atoms with Gasteiger partial charge in [0.25, 0.3) is 0 Å². The molecule has 1 aliphatic rings. The van der Waals surface area contributed by atoms with Crippen LogP contribution in [0, 0.1) is 11.3 Å². The zero-order valence-corrected chi connectivity index (χ0v) is 11.7. The van der Waals surface area contributed by atoms with Crippen molar-refractivity contribution in [1.29, 1.82) is 5.26 Å². The Morgan fingerprint density at radius 1 is 1.59 bits per heavy atom. The minimum Gasteiger partial charge on any atom is -0.302 e. The minimum absolute atomic E-state index is 0.430. The largest absolute Gasteiger partial charge is 0.302 e. The van der Waals surface area contributed by atoms with Crippen LogP contribution in [-0.4, -0.2) is 61.7 Å². The quantitative estimate of drug-likeness (QED) is 0.747. The number of likely N-dealkylation sites (N-methyl/N-ethyl adjacent to an activating group) is 3. The lowest BCUT2D eigenvalue weighted by Gasteiger charge is -2.31. The monoisotopic (exact) mass is 238 g/mol. The average Bonchev–Trinajstić information content (AvgIpc) is 2.64. The highest BCUT2D eigenvalue weighted by Gasteiger charge is 2.27. The van der Waals surface area contributed by atoms with Gasteiger partial charge in [0.1, 0.15) is 5.54 Å². The third-order valence-electron chi connectivity index (χ3n) is 3.59. The Labute approximate surface area is 106 Å². The van der Waals surface area contributed by atoms with E-state index in [4.69, 9.17) is 0 Å². The lowest BCUT2D eigenvalue weighted by Crippen LogP contribution is -2.51. The van der Waals surface area contributed by atoms with Crippen molar-refractivity contribution in [2.24, 2.45) is 0 Å². The SMILES string of the molecule is CCNC(C)(C#N)CN(C)CC1CCCN1C. The molecule has 1 fully saturated rings. The number of rotatable bonds is 6. The first-order valence-electron chi connectivity index (χ1n) is 6.56. The molecule has 0 radical (unpaired) electrons. The highest BCUT2D eigenvalue weighted by Crippen LogP contribution is 2.16. The van der Waals surface area contributed by atoms with Crippen molar-refractivity contribution in [2.75, 3.05) is 40.3 Å². The zero-order chi connectivity index (χ0) is 12.9. The zero-order valence-electron chi connectivity index (χ0n) is 11.7. The van der Waals surface area contributed by atoms with Gasteiger partial charge in [0.15, 0.2) is 0 Å². The predicted molar refractivity (Wildman–Crippen MR) is 70.8 cm³/mol. The Bertz CT molecular complexity index is 273. The number of likely N-dealkylation sites (tertiary alicyclic amines) is 1. The van der Waals surface area contributed by atoms with E-state index in [-0.39, 0.29) is 0 Å². The van der Waals surface area contributed by atoms with Gasteiger partial charge in [-0.3, -0.25) is 5.32 Å². The standard InChI is InChI=1S/C13H26N4/c1-5-15-13(2,10-14)11-16(3)9-12-7-6-8-17(12)4/h12,15H,5-9,11H2,1-4H3. The van der Waals surface area contributed by atoms with Gasteiger partial charge in [-0.15, -0.1) is 0 Å². The summed E-state index contributed by atoms with van der Waals surface area (Å²) in [5.74, 6) is 0. The van der Waals surface area contributed by atoms with Crippen LogP contribution in [0.1, 0.15) is 26.7 Å². The van der Waals surface area contributed by atoms with Crippen LogP contribution in [0.2, 0.25) is 0 Å². The summed E-state index contributed by atoms with van der Waals surface area (Å²) >= 11 is 0. The number of nitrogens with zero attached hydrogens (tertiary/aromatic N) is 3. The van der Waals surface area contributed by atoms with Gasteiger partial charge in [0.2, 0.25) is 0 Å². The van der Waals surface area contributed by atoms with Gasteiger partial charge in [-0.05, 0) is 47.0 Å². The molecule has 98 valence electrons. The molecule has 0 spiro atoms. The molecular weight excluding hydrogens is 212 g/mol. The summed E-state index contributed by atoms with van der Waals surface area (Å²) < 4.78 is 0. The molecule has 2 unspecified atom stereocenters. The second kappa shape index (κ2) is 6.34. The smallest absolute Gasteiger partial charge is 0.116 e. The Morgan fingerprint density at radius 2 is 2.29 bits per heavy atom. The normalized spacial score (nSPS) is 24.8. The van der Waals surface area contributed by atoms with Gasteiger partial charge >= 0.3 is 0 Å². The van der Waals surface area contributed by atoms with E-state index in [9.17, 15) is 5.26 Å². The molecule has 1 saturated heterocycles. The Morgan fingerprint density at radius 3 is 2.76 bits per heavy atom. The highest BCUT2D eigenvalue weighted by molar-refractivity contribution is 5.05. The second-order valence-corrected chi connectivity index (χ2v) is 5.45. The molecule has 0 bridgehead atoms. The molecule has 4 heteroatoms. The van der Waals surface area contributed by atoms with Crippen molar-refractivity contribution < 1.29 is 0 Å². The summed E-state index contributed by atoms with van der Waals surface area (Å²) in [5.41, 5.74) is -0.430. The minimum atomic E-state index is -0.430. The third kappa shape index (κ3) is 4.27. The summed E-state index contributed by atoms with van der Waals surface area (Å²) in [6.45, 7) is 7.90. The van der Waals surface area contributed by atoms with Crippen molar-refractivity contribution in [2.45, 2.75) is 38.3 Å². The number of nitrogens with one attached hydrogen (secondary N) is 1. The van der Waals surface area contributed by atoms with Gasteiger partial charge in [-0.1, -0.05) is 6.92 Å². The van der Waals surface area contributed by atoms with E-state index in [1.54, 1.807) is 0 Å². The molecule has 1 N–H and O–H groups in total. The molecular formula is C13H26N4. The topological polar surface area (TPSA) is 42.3 Å². The van der Waals surface area contributed by atoms with Crippen molar-refractivity contribution >= 4 is 0 Å². The van der Waals surface area contributed by atoms with Crippen molar-refractivity contribution in [1.82, 2.24) is 15.1 Å². The fourth-order valence-electron chi connectivity index (χ4n) is 2.70. The van der Waals surface area contributed by atoms with E-state index in [0.717, 1.165) is 19.6 Å². The summed E-state index contributed by atoms with van der Waals surface area (Å²) in [6, 6.07) is 3.04. The molecule has 1 heterocycles. The molecule has 1 aliphatic heterocycles. The van der Waals surface area contributed by atoms with E-state index in [0.29, 0.717) is 6.04 Å². The molecule has 0 aromatic heterocycles. The highest BCUT2D eigenvalue weighted by atomic mass is 15.2. The number of hydrogen-bond donors (Lipinski definition) is 1. The van der Waals surface area contributed by atoms with E-state index >= 15 is 0 Å². The summed E-state index contributed by atoms with van der Waals surface area (Å²) in [6.07, 6.45) is 2.59.